The first-order valence-electron chi connectivity index (χ1n) is 6.38. The third-order valence-electron chi connectivity index (χ3n) is 3.46. The van der Waals surface area contributed by atoms with Gasteiger partial charge in [0.2, 0.25) is 0 Å². The number of ether oxygens (including phenoxy) is 1. The minimum Gasteiger partial charge on any atom is -0.465 e. The van der Waals surface area contributed by atoms with Crippen LogP contribution in [0.2, 0.25) is 0 Å². The second-order valence-corrected chi connectivity index (χ2v) is 4.65. The molecule has 0 saturated carbocycles. The van der Waals surface area contributed by atoms with Gasteiger partial charge in [0.05, 0.1) is 37.2 Å². The van der Waals surface area contributed by atoms with Crippen molar-refractivity contribution in [3.05, 3.63) is 17.8 Å². The molecular weight excluding hydrogens is 246 g/mol. The summed E-state index contributed by atoms with van der Waals surface area (Å²) in [5.41, 5.74) is 6.35. The van der Waals surface area contributed by atoms with Crippen LogP contribution in [0, 0.1) is 0 Å². The third kappa shape index (κ3) is 2.78. The van der Waals surface area contributed by atoms with Gasteiger partial charge in [-0.3, -0.25) is 0 Å². The van der Waals surface area contributed by atoms with Gasteiger partial charge in [0.15, 0.2) is 0 Å². The number of anilines is 2. The number of carbonyl (C=O) groups is 1. The zero-order chi connectivity index (χ0) is 13.8. The van der Waals surface area contributed by atoms with Crippen LogP contribution in [-0.4, -0.2) is 42.4 Å². The summed E-state index contributed by atoms with van der Waals surface area (Å²) in [6.45, 7) is 0.905. The number of aliphatic hydroxyl groups excluding tert-OH is 1. The maximum atomic E-state index is 11.6. The molecule has 1 aliphatic rings. The van der Waals surface area contributed by atoms with Crippen LogP contribution in [0.15, 0.2) is 12.3 Å². The predicted molar refractivity (Wildman–Crippen MR) is 72.1 cm³/mol. The molecule has 3 N–H and O–H groups in total. The molecule has 6 heteroatoms. The summed E-state index contributed by atoms with van der Waals surface area (Å²) in [6, 6.07) is 1.69. The molecule has 1 aromatic rings. The van der Waals surface area contributed by atoms with E-state index in [-0.39, 0.29) is 12.6 Å². The molecule has 0 bridgehead atoms. The van der Waals surface area contributed by atoms with Crippen LogP contribution in [0.3, 0.4) is 0 Å². The molecule has 0 radical (unpaired) electrons. The Labute approximate surface area is 112 Å². The number of pyridine rings is 1. The number of esters is 1. The number of rotatable bonds is 3. The Hall–Kier alpha value is -1.82. The lowest BCUT2D eigenvalue weighted by atomic mass is 10.0. The number of aliphatic hydroxyl groups is 1. The molecule has 6 nitrogen and oxygen atoms in total. The van der Waals surface area contributed by atoms with Gasteiger partial charge in [-0.25, -0.2) is 9.78 Å². The second-order valence-electron chi connectivity index (χ2n) is 4.65. The van der Waals surface area contributed by atoms with Crippen molar-refractivity contribution in [2.75, 3.05) is 30.9 Å². The van der Waals surface area contributed by atoms with E-state index in [4.69, 9.17) is 10.5 Å². The van der Waals surface area contributed by atoms with E-state index in [9.17, 15) is 9.90 Å². The highest BCUT2D eigenvalue weighted by Crippen LogP contribution is 2.25. The van der Waals surface area contributed by atoms with Gasteiger partial charge >= 0.3 is 5.97 Å². The molecule has 1 saturated heterocycles. The van der Waals surface area contributed by atoms with E-state index < -0.39 is 5.97 Å². The van der Waals surface area contributed by atoms with Crippen molar-refractivity contribution in [1.82, 2.24) is 4.98 Å². The third-order valence-corrected chi connectivity index (χ3v) is 3.46. The summed E-state index contributed by atoms with van der Waals surface area (Å²) >= 11 is 0. The summed E-state index contributed by atoms with van der Waals surface area (Å²) < 4.78 is 4.70. The van der Waals surface area contributed by atoms with Gasteiger partial charge in [-0.2, -0.15) is 0 Å². The fraction of sp³-hybridized carbons (Fsp3) is 0.538. The van der Waals surface area contributed by atoms with E-state index in [1.807, 2.05) is 4.90 Å². The summed E-state index contributed by atoms with van der Waals surface area (Å²) in [4.78, 5) is 17.9. The first-order valence-corrected chi connectivity index (χ1v) is 6.38. The van der Waals surface area contributed by atoms with E-state index in [1.165, 1.54) is 13.3 Å². The van der Waals surface area contributed by atoms with Gasteiger partial charge in [0.25, 0.3) is 0 Å². The van der Waals surface area contributed by atoms with Crippen molar-refractivity contribution in [1.29, 1.82) is 0 Å². The molecule has 19 heavy (non-hydrogen) atoms. The molecule has 2 rings (SSSR count). The molecular formula is C13H19N3O3. The Bertz CT molecular complexity index is 464. The Balaban J connectivity index is 2.31. The van der Waals surface area contributed by atoms with Crippen molar-refractivity contribution in [2.45, 2.75) is 25.3 Å². The lowest BCUT2D eigenvalue weighted by molar-refractivity contribution is 0.0602. The highest BCUT2D eigenvalue weighted by Gasteiger charge is 2.24. The SMILES string of the molecule is COC(=O)c1cc(N2CCCCC2CO)ncc1N. The topological polar surface area (TPSA) is 88.7 Å². The van der Waals surface area contributed by atoms with Crippen LogP contribution in [0.25, 0.3) is 0 Å². The lowest BCUT2D eigenvalue weighted by Crippen LogP contribution is -2.42. The Morgan fingerprint density at radius 2 is 2.42 bits per heavy atom. The number of aromatic nitrogens is 1. The lowest BCUT2D eigenvalue weighted by Gasteiger charge is -2.35. The first kappa shape index (κ1) is 13.6. The summed E-state index contributed by atoms with van der Waals surface area (Å²) in [6.07, 6.45) is 4.54. The molecule has 1 atom stereocenters. The number of piperidine rings is 1. The average molecular weight is 265 g/mol. The van der Waals surface area contributed by atoms with Gasteiger partial charge < -0.3 is 20.5 Å². The van der Waals surface area contributed by atoms with E-state index in [2.05, 4.69) is 4.98 Å². The zero-order valence-corrected chi connectivity index (χ0v) is 11.0. The summed E-state index contributed by atoms with van der Waals surface area (Å²) in [5, 5.41) is 9.42. The molecule has 1 unspecified atom stereocenters. The molecule has 0 spiro atoms. The molecule has 0 aromatic carbocycles. The predicted octanol–water partition coefficient (Wildman–Crippen LogP) is 0.802. The standard InChI is InChI=1S/C13H19N3O3/c1-19-13(18)10-6-12(15-7-11(10)14)16-5-3-2-4-9(16)8-17/h6-7,9,17H,2-5,8,14H2,1H3. The number of nitrogens with zero attached hydrogens (tertiary/aromatic N) is 2. The fourth-order valence-electron chi connectivity index (χ4n) is 2.39. The van der Waals surface area contributed by atoms with E-state index in [0.717, 1.165) is 25.8 Å². The number of hydrogen-bond donors (Lipinski definition) is 2. The Morgan fingerprint density at radius 1 is 1.63 bits per heavy atom. The molecule has 1 aromatic heterocycles. The maximum Gasteiger partial charge on any atom is 0.340 e. The zero-order valence-electron chi connectivity index (χ0n) is 11.0. The molecule has 0 amide bonds. The Morgan fingerprint density at radius 3 is 3.11 bits per heavy atom. The largest absolute Gasteiger partial charge is 0.465 e. The smallest absolute Gasteiger partial charge is 0.340 e. The normalized spacial score (nSPS) is 19.3. The number of carbonyl (C=O) groups excluding carboxylic acids is 1. The fourth-order valence-corrected chi connectivity index (χ4v) is 2.39. The van der Waals surface area contributed by atoms with Crippen LogP contribution in [0.5, 0.6) is 0 Å². The minimum atomic E-state index is -0.473. The van der Waals surface area contributed by atoms with Crippen molar-refractivity contribution in [3.63, 3.8) is 0 Å². The monoisotopic (exact) mass is 265 g/mol. The van der Waals surface area contributed by atoms with Crippen LogP contribution < -0.4 is 10.6 Å². The van der Waals surface area contributed by atoms with Crippen LogP contribution in [-0.2, 0) is 4.74 Å². The maximum absolute atomic E-state index is 11.6. The van der Waals surface area contributed by atoms with Crippen LogP contribution >= 0.6 is 0 Å². The van der Waals surface area contributed by atoms with E-state index in [1.54, 1.807) is 6.07 Å². The van der Waals surface area contributed by atoms with Gasteiger partial charge in [-0.05, 0) is 25.3 Å². The minimum absolute atomic E-state index is 0.0513. The van der Waals surface area contributed by atoms with E-state index >= 15 is 0 Å². The molecule has 0 aliphatic carbocycles. The average Bonchev–Trinajstić information content (AvgIpc) is 2.47. The molecule has 104 valence electrons. The summed E-state index contributed by atoms with van der Waals surface area (Å²) in [5.74, 6) is 0.187. The van der Waals surface area contributed by atoms with Crippen LogP contribution in [0.1, 0.15) is 29.6 Å². The van der Waals surface area contributed by atoms with E-state index in [0.29, 0.717) is 17.1 Å². The first-order chi connectivity index (χ1) is 9.17. The second kappa shape index (κ2) is 5.88. The Kier molecular flexibility index (Phi) is 4.21. The van der Waals surface area contributed by atoms with Crippen molar-refractivity contribution < 1.29 is 14.6 Å². The van der Waals surface area contributed by atoms with Crippen molar-refractivity contribution in [3.8, 4) is 0 Å². The number of nitrogens with two attached hydrogens (primary N) is 1. The van der Waals surface area contributed by atoms with Gasteiger partial charge in [-0.15, -0.1) is 0 Å². The van der Waals surface area contributed by atoms with Gasteiger partial charge in [0.1, 0.15) is 5.82 Å². The number of nitrogen functional groups attached to an aromatic ring is 1. The molecule has 2 heterocycles. The quantitative estimate of drug-likeness (QED) is 0.786. The van der Waals surface area contributed by atoms with Crippen molar-refractivity contribution >= 4 is 17.5 Å². The van der Waals surface area contributed by atoms with Crippen molar-refractivity contribution in [2.24, 2.45) is 0 Å². The number of methoxy groups -OCH3 is 1. The highest BCUT2D eigenvalue weighted by molar-refractivity contribution is 5.95. The number of hydrogen-bond acceptors (Lipinski definition) is 6. The highest BCUT2D eigenvalue weighted by atomic mass is 16.5. The van der Waals surface area contributed by atoms with Gasteiger partial charge in [0, 0.05) is 6.54 Å². The van der Waals surface area contributed by atoms with Gasteiger partial charge in [-0.1, -0.05) is 0 Å². The molecule has 1 fully saturated rings. The van der Waals surface area contributed by atoms with Crippen LogP contribution in [0.4, 0.5) is 11.5 Å². The molecule has 1 aliphatic heterocycles. The summed E-state index contributed by atoms with van der Waals surface area (Å²) in [7, 11) is 1.32.